The van der Waals surface area contributed by atoms with E-state index >= 15 is 0 Å². The van der Waals surface area contributed by atoms with E-state index in [4.69, 9.17) is 9.73 Å². The van der Waals surface area contributed by atoms with Crippen LogP contribution in [0.5, 0.6) is 0 Å². The van der Waals surface area contributed by atoms with Crippen molar-refractivity contribution < 1.29 is 4.74 Å². The summed E-state index contributed by atoms with van der Waals surface area (Å²) in [7, 11) is 0. The molecule has 0 amide bonds. The monoisotopic (exact) mass is 534 g/mol. The van der Waals surface area contributed by atoms with Crippen LogP contribution in [-0.2, 0) is 4.74 Å². The smallest absolute Gasteiger partial charge is 0.191 e. The third-order valence-corrected chi connectivity index (χ3v) is 6.71. The van der Waals surface area contributed by atoms with Crippen LogP contribution in [-0.4, -0.2) is 50.9 Å². The molecule has 1 aromatic heterocycles. The normalized spacial score (nSPS) is 24.1. The van der Waals surface area contributed by atoms with Gasteiger partial charge in [0.05, 0.1) is 11.1 Å². The molecule has 0 radical (unpaired) electrons. The van der Waals surface area contributed by atoms with E-state index in [0.717, 1.165) is 58.0 Å². The van der Waals surface area contributed by atoms with Gasteiger partial charge in [-0.3, -0.25) is 4.99 Å². The Morgan fingerprint density at radius 2 is 2.03 bits per heavy atom. The highest BCUT2D eigenvalue weighted by molar-refractivity contribution is 14.0. The van der Waals surface area contributed by atoms with Gasteiger partial charge < -0.3 is 20.3 Å². The van der Waals surface area contributed by atoms with Gasteiger partial charge in [0.2, 0.25) is 0 Å². The molecular formula is C22H39IN4OS. The van der Waals surface area contributed by atoms with Crippen LogP contribution in [0.2, 0.25) is 0 Å². The second-order valence-electron chi connectivity index (χ2n) is 9.14. The van der Waals surface area contributed by atoms with Crippen molar-refractivity contribution >= 4 is 46.3 Å². The molecule has 5 nitrogen and oxygen atoms in total. The van der Waals surface area contributed by atoms with Gasteiger partial charge in [0, 0.05) is 44.7 Å². The zero-order valence-corrected chi connectivity index (χ0v) is 21.6. The fourth-order valence-corrected chi connectivity index (χ4v) is 5.19. The number of halogens is 1. The van der Waals surface area contributed by atoms with Crippen molar-refractivity contribution in [3.05, 3.63) is 17.5 Å². The molecule has 2 saturated heterocycles. The molecule has 3 heterocycles. The van der Waals surface area contributed by atoms with E-state index in [9.17, 15) is 0 Å². The molecule has 29 heavy (non-hydrogen) atoms. The standard InChI is InChI=1S/C22H38N4OS.HI/c1-5-23-21(24-16-17-8-6-14-27-20(17)22(2,3)4)25-18-10-12-26(13-11-18)19-9-7-15-28-19;/h7,9,15,17-18,20H,5-6,8,10-14,16H2,1-4H3,(H2,23,24,25);1H. The summed E-state index contributed by atoms with van der Waals surface area (Å²) in [5.41, 5.74) is 0.168. The summed E-state index contributed by atoms with van der Waals surface area (Å²) < 4.78 is 6.13. The van der Waals surface area contributed by atoms with Crippen LogP contribution in [0.15, 0.2) is 22.5 Å². The topological polar surface area (TPSA) is 48.9 Å². The third-order valence-electron chi connectivity index (χ3n) is 5.78. The van der Waals surface area contributed by atoms with Gasteiger partial charge in [-0.2, -0.15) is 0 Å². The van der Waals surface area contributed by atoms with Crippen molar-refractivity contribution in [3.63, 3.8) is 0 Å². The Balaban J connectivity index is 0.00000300. The lowest BCUT2D eigenvalue weighted by atomic mass is 9.78. The van der Waals surface area contributed by atoms with Crippen LogP contribution < -0.4 is 15.5 Å². The summed E-state index contributed by atoms with van der Waals surface area (Å²) in [6.45, 7) is 13.8. The van der Waals surface area contributed by atoms with Crippen molar-refractivity contribution in [1.82, 2.24) is 10.6 Å². The lowest BCUT2D eigenvalue weighted by Gasteiger charge is -2.39. The molecule has 1 aromatic rings. The second-order valence-corrected chi connectivity index (χ2v) is 10.1. The van der Waals surface area contributed by atoms with Crippen LogP contribution in [0.1, 0.15) is 53.4 Å². The SMILES string of the molecule is CCNC(=NCC1CCCOC1C(C)(C)C)NC1CCN(c2cccs2)CC1.I. The van der Waals surface area contributed by atoms with Crippen molar-refractivity contribution in [2.24, 2.45) is 16.3 Å². The molecule has 0 aromatic carbocycles. The van der Waals surface area contributed by atoms with Crippen LogP contribution in [0, 0.1) is 11.3 Å². The zero-order chi connectivity index (χ0) is 20.0. The lowest BCUT2D eigenvalue weighted by molar-refractivity contribution is -0.0823. The van der Waals surface area contributed by atoms with E-state index in [-0.39, 0.29) is 29.4 Å². The molecule has 2 aliphatic heterocycles. The molecule has 3 rings (SSSR count). The van der Waals surface area contributed by atoms with E-state index in [0.29, 0.717) is 18.1 Å². The van der Waals surface area contributed by atoms with Gasteiger partial charge in [-0.15, -0.1) is 35.3 Å². The number of thiophene rings is 1. The number of ether oxygens (including phenoxy) is 1. The number of aliphatic imine (C=N–C) groups is 1. The first-order valence-corrected chi connectivity index (χ1v) is 11.8. The molecule has 2 atom stereocenters. The molecule has 0 spiro atoms. The highest BCUT2D eigenvalue weighted by Crippen LogP contribution is 2.34. The molecule has 2 aliphatic rings. The largest absolute Gasteiger partial charge is 0.377 e. The summed E-state index contributed by atoms with van der Waals surface area (Å²) in [4.78, 5) is 7.47. The highest BCUT2D eigenvalue weighted by atomic mass is 127. The van der Waals surface area contributed by atoms with E-state index in [1.54, 1.807) is 0 Å². The predicted molar refractivity (Wildman–Crippen MR) is 136 cm³/mol. The first kappa shape index (κ1) is 24.7. The van der Waals surface area contributed by atoms with E-state index < -0.39 is 0 Å². The molecule has 2 unspecified atom stereocenters. The number of nitrogens with zero attached hydrogens (tertiary/aromatic N) is 2. The number of nitrogens with one attached hydrogen (secondary N) is 2. The van der Waals surface area contributed by atoms with Crippen molar-refractivity contribution in [3.8, 4) is 0 Å². The number of rotatable bonds is 5. The molecule has 0 bridgehead atoms. The molecule has 2 N–H and O–H groups in total. The van der Waals surface area contributed by atoms with Crippen LogP contribution >= 0.6 is 35.3 Å². The fourth-order valence-electron chi connectivity index (χ4n) is 4.40. The van der Waals surface area contributed by atoms with Crippen LogP contribution in [0.4, 0.5) is 5.00 Å². The zero-order valence-electron chi connectivity index (χ0n) is 18.4. The Bertz CT molecular complexity index is 609. The molecule has 0 aliphatic carbocycles. The van der Waals surface area contributed by atoms with Crippen molar-refractivity contribution in [2.45, 2.75) is 65.5 Å². The Hall–Kier alpha value is -0.540. The molecule has 7 heteroatoms. The first-order valence-electron chi connectivity index (χ1n) is 10.9. The van der Waals surface area contributed by atoms with Gasteiger partial charge in [-0.05, 0) is 55.5 Å². The highest BCUT2D eigenvalue weighted by Gasteiger charge is 2.35. The maximum absolute atomic E-state index is 6.13. The van der Waals surface area contributed by atoms with Gasteiger partial charge in [0.25, 0.3) is 0 Å². The van der Waals surface area contributed by atoms with E-state index in [1.165, 1.54) is 11.4 Å². The summed E-state index contributed by atoms with van der Waals surface area (Å²) in [6.07, 6.45) is 4.96. The van der Waals surface area contributed by atoms with Gasteiger partial charge in [-0.25, -0.2) is 0 Å². The lowest BCUT2D eigenvalue weighted by Crippen LogP contribution is -2.49. The number of piperidine rings is 1. The minimum absolute atomic E-state index is 0. The van der Waals surface area contributed by atoms with Gasteiger partial charge in [-0.1, -0.05) is 20.8 Å². The molecule has 2 fully saturated rings. The summed E-state index contributed by atoms with van der Waals surface area (Å²) in [5.74, 6) is 1.47. The predicted octanol–water partition coefficient (Wildman–Crippen LogP) is 4.73. The summed E-state index contributed by atoms with van der Waals surface area (Å²) in [6, 6.07) is 4.86. The van der Waals surface area contributed by atoms with Gasteiger partial charge in [0.1, 0.15) is 0 Å². The maximum Gasteiger partial charge on any atom is 0.191 e. The first-order chi connectivity index (χ1) is 13.5. The average molecular weight is 535 g/mol. The Morgan fingerprint density at radius 3 is 2.66 bits per heavy atom. The minimum atomic E-state index is 0. The van der Waals surface area contributed by atoms with Crippen LogP contribution in [0.3, 0.4) is 0 Å². The summed E-state index contributed by atoms with van der Waals surface area (Å²) in [5, 5.41) is 10.7. The second kappa shape index (κ2) is 11.7. The Morgan fingerprint density at radius 1 is 1.28 bits per heavy atom. The van der Waals surface area contributed by atoms with Crippen molar-refractivity contribution in [1.29, 1.82) is 0 Å². The van der Waals surface area contributed by atoms with E-state index in [2.05, 4.69) is 60.7 Å². The van der Waals surface area contributed by atoms with Crippen molar-refractivity contribution in [2.75, 3.05) is 37.7 Å². The average Bonchev–Trinajstić information content (AvgIpc) is 3.21. The Kier molecular flexibility index (Phi) is 10.0. The van der Waals surface area contributed by atoms with Crippen LogP contribution in [0.25, 0.3) is 0 Å². The minimum Gasteiger partial charge on any atom is -0.377 e. The Labute approximate surface area is 198 Å². The maximum atomic E-state index is 6.13. The molecular weight excluding hydrogens is 495 g/mol. The number of hydrogen-bond donors (Lipinski definition) is 2. The van der Waals surface area contributed by atoms with Gasteiger partial charge in [0.15, 0.2) is 5.96 Å². The van der Waals surface area contributed by atoms with E-state index in [1.807, 2.05) is 11.3 Å². The fraction of sp³-hybridized carbons (Fsp3) is 0.773. The summed E-state index contributed by atoms with van der Waals surface area (Å²) >= 11 is 1.84. The van der Waals surface area contributed by atoms with Gasteiger partial charge >= 0.3 is 0 Å². The number of anilines is 1. The molecule has 0 saturated carbocycles. The third kappa shape index (κ3) is 7.28. The molecule has 166 valence electrons. The quantitative estimate of drug-likeness (QED) is 0.326. The number of hydrogen-bond acceptors (Lipinski definition) is 4. The number of guanidine groups is 1.